The molecular weight excluding hydrogens is 320 g/mol. The Morgan fingerprint density at radius 2 is 2.08 bits per heavy atom. The van der Waals surface area contributed by atoms with Crippen LogP contribution in [0.1, 0.15) is 43.5 Å². The van der Waals surface area contributed by atoms with E-state index in [1.54, 1.807) is 17.7 Å². The van der Waals surface area contributed by atoms with Crippen LogP contribution in [0.4, 0.5) is 0 Å². The summed E-state index contributed by atoms with van der Waals surface area (Å²) in [5, 5.41) is 5.07. The van der Waals surface area contributed by atoms with Crippen LogP contribution in [0.5, 0.6) is 0 Å². The SMILES string of the molecule is Cc1nc2sc3c(c2c(=O)n1/N=C\N(C)C)CC[C@H](C(C)(C)C)C3. The smallest absolute Gasteiger partial charge is 0.283 e. The first kappa shape index (κ1) is 17.1. The summed E-state index contributed by atoms with van der Waals surface area (Å²) in [5.41, 5.74) is 1.47. The Hall–Kier alpha value is -1.69. The topological polar surface area (TPSA) is 50.5 Å². The summed E-state index contributed by atoms with van der Waals surface area (Å²) in [7, 11) is 3.77. The average molecular weight is 347 g/mol. The molecule has 0 bridgehead atoms. The summed E-state index contributed by atoms with van der Waals surface area (Å²) in [6.07, 6.45) is 4.79. The Kier molecular flexibility index (Phi) is 4.28. The molecule has 0 spiro atoms. The highest BCUT2D eigenvalue weighted by Gasteiger charge is 2.31. The molecule has 0 saturated carbocycles. The number of rotatable bonds is 2. The summed E-state index contributed by atoms with van der Waals surface area (Å²) in [6, 6.07) is 0. The van der Waals surface area contributed by atoms with Gasteiger partial charge in [-0.25, -0.2) is 4.98 Å². The van der Waals surface area contributed by atoms with Gasteiger partial charge in [0.25, 0.3) is 5.56 Å². The first-order valence-corrected chi connectivity index (χ1v) is 9.25. The van der Waals surface area contributed by atoms with Crippen molar-refractivity contribution in [3.05, 3.63) is 26.6 Å². The molecule has 0 saturated heterocycles. The minimum atomic E-state index is -0.0395. The van der Waals surface area contributed by atoms with E-state index in [4.69, 9.17) is 0 Å². The Morgan fingerprint density at radius 3 is 2.71 bits per heavy atom. The number of nitrogens with zero attached hydrogens (tertiary/aromatic N) is 4. The van der Waals surface area contributed by atoms with Gasteiger partial charge in [-0.1, -0.05) is 20.8 Å². The fourth-order valence-electron chi connectivity index (χ4n) is 3.35. The molecule has 0 aromatic carbocycles. The molecule has 24 heavy (non-hydrogen) atoms. The van der Waals surface area contributed by atoms with Gasteiger partial charge in [0.15, 0.2) is 0 Å². The standard InChI is InChI=1S/C18H26N4OS/c1-11-20-16-15(17(23)22(11)19-10-21(5)6)13-8-7-12(18(2,3)4)9-14(13)24-16/h10,12H,7-9H2,1-6H3/b19-10-/t12-/m0/s1. The molecule has 0 unspecified atom stereocenters. The van der Waals surface area contributed by atoms with Crippen LogP contribution in [-0.4, -0.2) is 35.0 Å². The molecule has 1 aliphatic carbocycles. The predicted octanol–water partition coefficient (Wildman–Crippen LogP) is 3.27. The van der Waals surface area contributed by atoms with Crippen LogP contribution in [0.2, 0.25) is 0 Å². The van der Waals surface area contributed by atoms with Gasteiger partial charge in [0.05, 0.1) is 5.39 Å². The molecule has 5 nitrogen and oxygen atoms in total. The second-order valence-electron chi connectivity index (χ2n) is 7.96. The molecule has 2 aromatic heterocycles. The second-order valence-corrected chi connectivity index (χ2v) is 9.04. The lowest BCUT2D eigenvalue weighted by Gasteiger charge is -2.33. The van der Waals surface area contributed by atoms with Crippen LogP contribution in [0.25, 0.3) is 10.2 Å². The Bertz CT molecular complexity index is 854. The fourth-order valence-corrected chi connectivity index (χ4v) is 4.68. The van der Waals surface area contributed by atoms with Crippen molar-refractivity contribution in [3.63, 3.8) is 0 Å². The van der Waals surface area contributed by atoms with E-state index in [1.807, 2.05) is 25.9 Å². The molecule has 130 valence electrons. The van der Waals surface area contributed by atoms with Crippen molar-refractivity contribution in [1.29, 1.82) is 0 Å². The van der Waals surface area contributed by atoms with E-state index in [2.05, 4.69) is 30.9 Å². The van der Waals surface area contributed by atoms with Crippen LogP contribution in [0.15, 0.2) is 9.90 Å². The Morgan fingerprint density at radius 1 is 1.38 bits per heavy atom. The molecule has 1 atom stereocenters. The summed E-state index contributed by atoms with van der Waals surface area (Å²) in [4.78, 5) is 21.7. The normalized spacial score (nSPS) is 18.3. The molecule has 1 aliphatic rings. The minimum Gasteiger partial charge on any atom is -0.367 e. The molecule has 0 fully saturated rings. The van der Waals surface area contributed by atoms with Crippen LogP contribution >= 0.6 is 11.3 Å². The van der Waals surface area contributed by atoms with Crippen molar-refractivity contribution in [2.75, 3.05) is 14.1 Å². The van der Waals surface area contributed by atoms with Crippen LogP contribution in [-0.2, 0) is 12.8 Å². The zero-order chi connectivity index (χ0) is 17.6. The Balaban J connectivity index is 2.12. The summed E-state index contributed by atoms with van der Waals surface area (Å²) in [6.45, 7) is 8.76. The first-order chi connectivity index (χ1) is 11.2. The lowest BCUT2D eigenvalue weighted by atomic mass is 9.72. The molecule has 0 aliphatic heterocycles. The van der Waals surface area contributed by atoms with Gasteiger partial charge in [0, 0.05) is 19.0 Å². The third-order valence-electron chi connectivity index (χ3n) is 4.85. The van der Waals surface area contributed by atoms with Crippen molar-refractivity contribution in [3.8, 4) is 0 Å². The summed E-state index contributed by atoms with van der Waals surface area (Å²) in [5.74, 6) is 1.30. The zero-order valence-corrected chi connectivity index (χ0v) is 16.2. The van der Waals surface area contributed by atoms with Crippen LogP contribution in [0, 0.1) is 18.3 Å². The average Bonchev–Trinajstić information content (AvgIpc) is 2.82. The molecule has 0 amide bonds. The number of fused-ring (bicyclic) bond motifs is 3. The maximum Gasteiger partial charge on any atom is 0.283 e. The van der Waals surface area contributed by atoms with E-state index in [-0.39, 0.29) is 5.56 Å². The number of aromatic nitrogens is 2. The van der Waals surface area contributed by atoms with Crippen molar-refractivity contribution >= 4 is 27.9 Å². The van der Waals surface area contributed by atoms with Gasteiger partial charge < -0.3 is 4.90 Å². The van der Waals surface area contributed by atoms with Gasteiger partial charge in [-0.05, 0) is 43.1 Å². The number of hydrogen-bond acceptors (Lipinski definition) is 4. The van der Waals surface area contributed by atoms with E-state index >= 15 is 0 Å². The third-order valence-corrected chi connectivity index (χ3v) is 5.99. The molecule has 2 aromatic rings. The van der Waals surface area contributed by atoms with E-state index in [0.717, 1.165) is 29.5 Å². The van der Waals surface area contributed by atoms with E-state index in [0.29, 0.717) is 17.2 Å². The maximum absolute atomic E-state index is 13.0. The quantitative estimate of drug-likeness (QED) is 0.619. The lowest BCUT2D eigenvalue weighted by molar-refractivity contribution is 0.218. The largest absolute Gasteiger partial charge is 0.367 e. The highest BCUT2D eigenvalue weighted by Crippen LogP contribution is 2.42. The van der Waals surface area contributed by atoms with Gasteiger partial charge >= 0.3 is 0 Å². The van der Waals surface area contributed by atoms with Crippen molar-refractivity contribution in [2.45, 2.75) is 47.0 Å². The van der Waals surface area contributed by atoms with E-state index in [1.165, 1.54) is 15.1 Å². The maximum atomic E-state index is 13.0. The third kappa shape index (κ3) is 2.99. The lowest BCUT2D eigenvalue weighted by Crippen LogP contribution is -2.27. The van der Waals surface area contributed by atoms with Crippen molar-refractivity contribution in [1.82, 2.24) is 14.6 Å². The molecule has 3 rings (SSSR count). The molecular formula is C18H26N4OS. The summed E-state index contributed by atoms with van der Waals surface area (Å²) < 4.78 is 1.42. The first-order valence-electron chi connectivity index (χ1n) is 8.43. The number of hydrogen-bond donors (Lipinski definition) is 0. The van der Waals surface area contributed by atoms with Crippen LogP contribution < -0.4 is 5.56 Å². The minimum absolute atomic E-state index is 0.0395. The molecule has 2 heterocycles. The van der Waals surface area contributed by atoms with Crippen molar-refractivity contribution < 1.29 is 0 Å². The van der Waals surface area contributed by atoms with Crippen molar-refractivity contribution in [2.24, 2.45) is 16.4 Å². The number of thiophene rings is 1. The molecule has 6 heteroatoms. The highest BCUT2D eigenvalue weighted by molar-refractivity contribution is 7.18. The Labute approximate surface area is 147 Å². The fraction of sp³-hybridized carbons (Fsp3) is 0.611. The monoisotopic (exact) mass is 346 g/mol. The van der Waals surface area contributed by atoms with E-state index in [9.17, 15) is 4.79 Å². The van der Waals surface area contributed by atoms with Gasteiger partial charge in [-0.15, -0.1) is 11.3 Å². The highest BCUT2D eigenvalue weighted by atomic mass is 32.1. The predicted molar refractivity (Wildman–Crippen MR) is 101 cm³/mol. The van der Waals surface area contributed by atoms with Gasteiger partial charge in [-0.3, -0.25) is 4.79 Å². The van der Waals surface area contributed by atoms with Gasteiger partial charge in [-0.2, -0.15) is 9.78 Å². The molecule has 0 N–H and O–H groups in total. The molecule has 0 radical (unpaired) electrons. The van der Waals surface area contributed by atoms with Gasteiger partial charge in [0.2, 0.25) is 0 Å². The number of aryl methyl sites for hydroxylation is 2. The summed E-state index contributed by atoms with van der Waals surface area (Å²) >= 11 is 1.69. The second kappa shape index (κ2) is 5.99. The zero-order valence-electron chi connectivity index (χ0n) is 15.4. The van der Waals surface area contributed by atoms with Gasteiger partial charge in [0.1, 0.15) is 17.0 Å². The van der Waals surface area contributed by atoms with Crippen LogP contribution in [0.3, 0.4) is 0 Å². The van der Waals surface area contributed by atoms with E-state index < -0.39 is 0 Å².